The molecule has 0 aliphatic carbocycles. The van der Waals surface area contributed by atoms with E-state index in [0.29, 0.717) is 12.6 Å². The molecule has 0 aliphatic heterocycles. The Bertz CT molecular complexity index is 369. The fraction of sp³-hybridized carbons (Fsp3) is 0.600. The average molecular weight is 250 g/mol. The molecule has 0 amide bonds. The van der Waals surface area contributed by atoms with Crippen molar-refractivity contribution in [2.75, 3.05) is 32.6 Å². The van der Waals surface area contributed by atoms with Crippen LogP contribution in [0.2, 0.25) is 0 Å². The molecule has 0 aliphatic rings. The molecular weight excluding hydrogens is 224 g/mol. The zero-order valence-electron chi connectivity index (χ0n) is 12.4. The normalized spacial score (nSPS) is 13.2. The van der Waals surface area contributed by atoms with E-state index in [2.05, 4.69) is 43.1 Å². The lowest BCUT2D eigenvalue weighted by Gasteiger charge is -2.30. The Balaban J connectivity index is 2.65. The van der Waals surface area contributed by atoms with E-state index in [1.807, 2.05) is 33.3 Å². The van der Waals surface area contributed by atoms with Crippen LogP contribution in [0.4, 0.5) is 5.69 Å². The third-order valence-corrected chi connectivity index (χ3v) is 3.14. The number of anilines is 1. The van der Waals surface area contributed by atoms with Crippen molar-refractivity contribution >= 4 is 5.69 Å². The number of rotatable bonds is 5. The highest BCUT2D eigenvalue weighted by atomic mass is 16.5. The van der Waals surface area contributed by atoms with Crippen molar-refractivity contribution in [3.8, 4) is 5.75 Å². The maximum Gasteiger partial charge on any atom is 0.121 e. The predicted molar refractivity (Wildman–Crippen MR) is 78.6 cm³/mol. The SMILES string of the molecule is CNC(COc1cccc(N(C)C)c1)C(C)(C)C. The largest absolute Gasteiger partial charge is 0.492 e. The Morgan fingerprint density at radius 1 is 1.28 bits per heavy atom. The van der Waals surface area contributed by atoms with Crippen molar-refractivity contribution < 1.29 is 4.74 Å². The minimum atomic E-state index is 0.188. The summed E-state index contributed by atoms with van der Waals surface area (Å²) >= 11 is 0. The number of likely N-dealkylation sites (N-methyl/N-ethyl adjacent to an activating group) is 1. The Hall–Kier alpha value is -1.22. The molecule has 0 radical (unpaired) electrons. The lowest BCUT2D eigenvalue weighted by atomic mass is 9.87. The molecule has 3 nitrogen and oxygen atoms in total. The molecule has 1 aromatic carbocycles. The summed E-state index contributed by atoms with van der Waals surface area (Å²) in [4.78, 5) is 2.08. The van der Waals surface area contributed by atoms with Crippen molar-refractivity contribution in [1.29, 1.82) is 0 Å². The van der Waals surface area contributed by atoms with E-state index in [1.165, 1.54) is 0 Å². The molecule has 0 saturated carbocycles. The number of hydrogen-bond donors (Lipinski definition) is 1. The highest BCUT2D eigenvalue weighted by Gasteiger charge is 2.23. The topological polar surface area (TPSA) is 24.5 Å². The summed E-state index contributed by atoms with van der Waals surface area (Å²) < 4.78 is 5.89. The van der Waals surface area contributed by atoms with Crippen molar-refractivity contribution in [1.82, 2.24) is 5.32 Å². The minimum Gasteiger partial charge on any atom is -0.492 e. The molecule has 0 heterocycles. The van der Waals surface area contributed by atoms with Gasteiger partial charge in [-0.15, -0.1) is 0 Å². The van der Waals surface area contributed by atoms with Crippen LogP contribution >= 0.6 is 0 Å². The number of ether oxygens (including phenoxy) is 1. The van der Waals surface area contributed by atoms with Crippen molar-refractivity contribution in [3.05, 3.63) is 24.3 Å². The van der Waals surface area contributed by atoms with Crippen LogP contribution in [0.5, 0.6) is 5.75 Å². The molecule has 1 N–H and O–H groups in total. The van der Waals surface area contributed by atoms with Gasteiger partial charge in [-0.1, -0.05) is 26.8 Å². The smallest absolute Gasteiger partial charge is 0.121 e. The van der Waals surface area contributed by atoms with E-state index < -0.39 is 0 Å². The van der Waals surface area contributed by atoms with E-state index in [1.54, 1.807) is 0 Å². The first-order chi connectivity index (χ1) is 8.34. The molecule has 18 heavy (non-hydrogen) atoms. The third kappa shape index (κ3) is 4.22. The van der Waals surface area contributed by atoms with Gasteiger partial charge in [-0.3, -0.25) is 0 Å². The molecule has 1 aromatic rings. The standard InChI is InChI=1S/C15H26N2O/c1-15(2,3)14(16-4)11-18-13-9-7-8-12(10-13)17(5)6/h7-10,14,16H,11H2,1-6H3. The van der Waals surface area contributed by atoms with E-state index in [9.17, 15) is 0 Å². The first-order valence-corrected chi connectivity index (χ1v) is 6.42. The lowest BCUT2D eigenvalue weighted by molar-refractivity contribution is 0.181. The minimum absolute atomic E-state index is 0.188. The Kier molecular flexibility index (Phi) is 5.03. The van der Waals surface area contributed by atoms with Gasteiger partial charge in [-0.25, -0.2) is 0 Å². The zero-order valence-corrected chi connectivity index (χ0v) is 12.4. The maximum absolute atomic E-state index is 5.89. The zero-order chi connectivity index (χ0) is 13.8. The molecule has 1 rings (SSSR count). The van der Waals surface area contributed by atoms with E-state index >= 15 is 0 Å². The molecular formula is C15H26N2O. The summed E-state index contributed by atoms with van der Waals surface area (Å²) in [6.07, 6.45) is 0. The van der Waals surface area contributed by atoms with Crippen molar-refractivity contribution in [3.63, 3.8) is 0 Å². The quantitative estimate of drug-likeness (QED) is 0.869. The van der Waals surface area contributed by atoms with E-state index in [-0.39, 0.29) is 5.41 Å². The van der Waals surface area contributed by atoms with Gasteiger partial charge in [0.25, 0.3) is 0 Å². The van der Waals surface area contributed by atoms with Gasteiger partial charge >= 0.3 is 0 Å². The van der Waals surface area contributed by atoms with Crippen LogP contribution in [0.3, 0.4) is 0 Å². The molecule has 0 bridgehead atoms. The molecule has 0 aromatic heterocycles. The van der Waals surface area contributed by atoms with Crippen molar-refractivity contribution in [2.24, 2.45) is 5.41 Å². The van der Waals surface area contributed by atoms with Gasteiger partial charge in [0.05, 0.1) is 0 Å². The molecule has 3 heteroatoms. The predicted octanol–water partition coefficient (Wildman–Crippen LogP) is 2.77. The van der Waals surface area contributed by atoms with Crippen molar-refractivity contribution in [2.45, 2.75) is 26.8 Å². The molecule has 1 atom stereocenters. The van der Waals surface area contributed by atoms with E-state index in [4.69, 9.17) is 4.74 Å². The fourth-order valence-electron chi connectivity index (χ4n) is 1.80. The van der Waals surface area contributed by atoms with Gasteiger partial charge in [0, 0.05) is 31.9 Å². The van der Waals surface area contributed by atoms with Crippen LogP contribution in [0.15, 0.2) is 24.3 Å². The van der Waals surface area contributed by atoms with Crippen LogP contribution in [0.1, 0.15) is 20.8 Å². The van der Waals surface area contributed by atoms with E-state index in [0.717, 1.165) is 11.4 Å². The highest BCUT2D eigenvalue weighted by Crippen LogP contribution is 2.22. The summed E-state index contributed by atoms with van der Waals surface area (Å²) in [5.74, 6) is 0.922. The number of benzene rings is 1. The summed E-state index contributed by atoms with van der Waals surface area (Å²) in [7, 11) is 6.05. The second kappa shape index (κ2) is 6.10. The van der Waals surface area contributed by atoms with Gasteiger partial charge in [0.2, 0.25) is 0 Å². The van der Waals surface area contributed by atoms with Gasteiger partial charge in [0.15, 0.2) is 0 Å². The first kappa shape index (κ1) is 14.8. The summed E-state index contributed by atoms with van der Waals surface area (Å²) in [6, 6.07) is 8.50. The Morgan fingerprint density at radius 2 is 1.94 bits per heavy atom. The number of nitrogens with one attached hydrogen (secondary N) is 1. The van der Waals surface area contributed by atoms with Gasteiger partial charge in [0.1, 0.15) is 12.4 Å². The summed E-state index contributed by atoms with van der Waals surface area (Å²) in [5, 5.41) is 3.31. The molecule has 0 spiro atoms. The summed E-state index contributed by atoms with van der Waals surface area (Å²) in [5.41, 5.74) is 1.35. The Morgan fingerprint density at radius 3 is 2.44 bits per heavy atom. The lowest BCUT2D eigenvalue weighted by Crippen LogP contribution is -2.42. The molecule has 0 fully saturated rings. The molecule has 102 valence electrons. The molecule has 1 unspecified atom stereocenters. The molecule has 0 saturated heterocycles. The van der Waals surface area contributed by atoms with Crippen LogP contribution < -0.4 is 15.0 Å². The van der Waals surface area contributed by atoms with Gasteiger partial charge < -0.3 is 15.0 Å². The highest BCUT2D eigenvalue weighted by molar-refractivity contribution is 5.49. The van der Waals surface area contributed by atoms with Crippen LogP contribution in [-0.2, 0) is 0 Å². The second-order valence-electron chi connectivity index (χ2n) is 5.91. The number of nitrogens with zero attached hydrogens (tertiary/aromatic N) is 1. The first-order valence-electron chi connectivity index (χ1n) is 6.42. The van der Waals surface area contributed by atoms with Crippen LogP contribution in [-0.4, -0.2) is 33.8 Å². The Labute approximate surface area is 111 Å². The van der Waals surface area contributed by atoms with Crippen LogP contribution in [0, 0.1) is 5.41 Å². The summed E-state index contributed by atoms with van der Waals surface area (Å²) in [6.45, 7) is 7.33. The second-order valence-corrected chi connectivity index (χ2v) is 5.91. The maximum atomic E-state index is 5.89. The fourth-order valence-corrected chi connectivity index (χ4v) is 1.80. The van der Waals surface area contributed by atoms with Crippen LogP contribution in [0.25, 0.3) is 0 Å². The monoisotopic (exact) mass is 250 g/mol. The number of hydrogen-bond acceptors (Lipinski definition) is 3. The van der Waals surface area contributed by atoms with Gasteiger partial charge in [-0.2, -0.15) is 0 Å². The average Bonchev–Trinajstić information content (AvgIpc) is 2.28. The van der Waals surface area contributed by atoms with Gasteiger partial charge in [-0.05, 0) is 24.6 Å². The third-order valence-electron chi connectivity index (χ3n) is 3.14.